The predicted octanol–water partition coefficient (Wildman–Crippen LogP) is 5.89. The van der Waals surface area contributed by atoms with Crippen molar-refractivity contribution in [2.45, 2.75) is 4.75 Å². The quantitative estimate of drug-likeness (QED) is 0.239. The Bertz CT molecular complexity index is 1150. The van der Waals surface area contributed by atoms with E-state index in [1.54, 1.807) is 6.07 Å². The van der Waals surface area contributed by atoms with E-state index in [9.17, 15) is 23.2 Å². The van der Waals surface area contributed by atoms with Crippen LogP contribution in [0.1, 0.15) is 16.7 Å². The summed E-state index contributed by atoms with van der Waals surface area (Å²) in [7, 11) is -5.19. The minimum absolute atomic E-state index is 0.0450. The number of rotatable bonds is 4. The molecular formula is C19H12Cl4O5S. The number of hydrogen-bond acceptors (Lipinski definition) is 4. The van der Waals surface area contributed by atoms with Gasteiger partial charge in [-0.3, -0.25) is 4.55 Å². The van der Waals surface area contributed by atoms with Crippen LogP contribution < -0.4 is 0 Å². The van der Waals surface area contributed by atoms with Crippen molar-refractivity contribution in [3.63, 3.8) is 0 Å². The molecule has 0 fully saturated rings. The third kappa shape index (κ3) is 3.44. The lowest BCUT2D eigenvalue weighted by molar-refractivity contribution is 0.439. The molecule has 0 aliphatic heterocycles. The second-order valence-corrected chi connectivity index (χ2v) is 9.17. The summed E-state index contributed by atoms with van der Waals surface area (Å²) >= 11 is 25.0. The molecular weight excluding hydrogens is 482 g/mol. The van der Waals surface area contributed by atoms with E-state index < -0.39 is 42.5 Å². The molecule has 0 aliphatic rings. The van der Waals surface area contributed by atoms with E-state index in [2.05, 4.69) is 0 Å². The van der Waals surface area contributed by atoms with Crippen molar-refractivity contribution in [2.75, 3.05) is 0 Å². The Morgan fingerprint density at radius 3 is 1.90 bits per heavy atom. The Labute approximate surface area is 186 Å². The van der Waals surface area contributed by atoms with E-state index >= 15 is 0 Å². The summed E-state index contributed by atoms with van der Waals surface area (Å²) in [4.78, 5) is 0. The minimum atomic E-state index is -5.19. The topological polar surface area (TPSA) is 94.8 Å². The van der Waals surface area contributed by atoms with Crippen LogP contribution in [0.25, 0.3) is 0 Å². The number of halogens is 4. The Kier molecular flexibility index (Phi) is 5.98. The summed E-state index contributed by atoms with van der Waals surface area (Å²) in [5.74, 6) is -1.13. The van der Waals surface area contributed by atoms with Gasteiger partial charge in [0.15, 0.2) is 4.75 Å². The number of aromatic hydroxyl groups is 2. The van der Waals surface area contributed by atoms with Crippen molar-refractivity contribution in [2.24, 2.45) is 0 Å². The van der Waals surface area contributed by atoms with E-state index in [4.69, 9.17) is 46.4 Å². The van der Waals surface area contributed by atoms with Crippen molar-refractivity contribution in [3.05, 3.63) is 91.4 Å². The SMILES string of the molecule is O=S(=O)(O)C(c1ccccc1)(c1c(O)cccc1Cl)c1c(Cl)c(O)cc(Cl)c1Cl. The average Bonchev–Trinajstić information content (AvgIpc) is 2.64. The molecule has 1 atom stereocenters. The third-order valence-corrected chi connectivity index (χ3v) is 7.30. The molecule has 3 rings (SSSR count). The van der Waals surface area contributed by atoms with E-state index in [0.29, 0.717) is 0 Å². The summed E-state index contributed by atoms with van der Waals surface area (Å²) in [6.45, 7) is 0. The molecule has 29 heavy (non-hydrogen) atoms. The van der Waals surface area contributed by atoms with Gasteiger partial charge in [0.05, 0.1) is 15.1 Å². The van der Waals surface area contributed by atoms with Crippen LogP contribution in [0.15, 0.2) is 54.6 Å². The molecule has 0 aromatic heterocycles. The second kappa shape index (κ2) is 7.87. The van der Waals surface area contributed by atoms with Gasteiger partial charge in [-0.2, -0.15) is 8.42 Å². The Morgan fingerprint density at radius 2 is 1.34 bits per heavy atom. The molecule has 5 nitrogen and oxygen atoms in total. The van der Waals surface area contributed by atoms with Crippen LogP contribution in [0.5, 0.6) is 11.5 Å². The maximum Gasteiger partial charge on any atom is 0.283 e. The Balaban J connectivity index is 2.72. The zero-order valence-electron chi connectivity index (χ0n) is 14.3. The van der Waals surface area contributed by atoms with Crippen molar-refractivity contribution in [3.8, 4) is 11.5 Å². The standard InChI is InChI=1S/C19H12Cl4O5S/c20-11-7-4-8-13(24)15(11)19(29(26,27)28,10-5-2-1-3-6-10)16-17(22)12(21)9-14(25)18(16)23/h1-9,24-25H,(H,26,27,28). The maximum atomic E-state index is 13.0. The largest absolute Gasteiger partial charge is 0.508 e. The first-order valence-corrected chi connectivity index (χ1v) is 10.9. The molecule has 10 heteroatoms. The molecule has 0 heterocycles. The van der Waals surface area contributed by atoms with Crippen LogP contribution in [0, 0.1) is 0 Å². The zero-order valence-corrected chi connectivity index (χ0v) is 18.1. The molecule has 3 N–H and O–H groups in total. The number of benzene rings is 3. The molecule has 0 spiro atoms. The molecule has 3 aromatic rings. The summed E-state index contributed by atoms with van der Waals surface area (Å²) in [5, 5.41) is 19.6. The van der Waals surface area contributed by atoms with Gasteiger partial charge in [-0.1, -0.05) is 82.8 Å². The highest BCUT2D eigenvalue weighted by Gasteiger charge is 2.54. The van der Waals surface area contributed by atoms with Gasteiger partial charge in [0.1, 0.15) is 11.5 Å². The first-order chi connectivity index (χ1) is 13.5. The van der Waals surface area contributed by atoms with Crippen LogP contribution in [0.4, 0.5) is 0 Å². The molecule has 0 saturated carbocycles. The normalized spacial score (nSPS) is 13.8. The lowest BCUT2D eigenvalue weighted by Gasteiger charge is -2.35. The molecule has 152 valence electrons. The molecule has 0 aliphatic carbocycles. The highest BCUT2D eigenvalue weighted by atomic mass is 35.5. The van der Waals surface area contributed by atoms with Crippen LogP contribution >= 0.6 is 46.4 Å². The van der Waals surface area contributed by atoms with Gasteiger partial charge in [-0.05, 0) is 17.7 Å². The van der Waals surface area contributed by atoms with Crippen molar-refractivity contribution < 1.29 is 23.2 Å². The number of phenols is 2. The maximum absolute atomic E-state index is 13.0. The highest BCUT2D eigenvalue weighted by molar-refractivity contribution is 7.87. The fourth-order valence-electron chi connectivity index (χ4n) is 3.25. The number of phenolic OH excluding ortho intramolecular Hbond substituents is 2. The van der Waals surface area contributed by atoms with Crippen LogP contribution in [-0.4, -0.2) is 23.2 Å². The van der Waals surface area contributed by atoms with Crippen LogP contribution in [0.3, 0.4) is 0 Å². The van der Waals surface area contributed by atoms with E-state index in [1.807, 2.05) is 0 Å². The third-order valence-electron chi connectivity index (χ3n) is 4.40. The summed E-state index contributed by atoms with van der Waals surface area (Å²) in [6, 6.07) is 12.3. The fraction of sp³-hybridized carbons (Fsp3) is 0.0526. The van der Waals surface area contributed by atoms with Crippen LogP contribution in [0.2, 0.25) is 20.1 Å². The molecule has 3 aromatic carbocycles. The molecule has 0 amide bonds. The molecule has 1 unspecified atom stereocenters. The zero-order chi connectivity index (χ0) is 21.6. The van der Waals surface area contributed by atoms with E-state index in [0.717, 1.165) is 6.07 Å². The first-order valence-electron chi connectivity index (χ1n) is 7.91. The van der Waals surface area contributed by atoms with Gasteiger partial charge in [-0.15, -0.1) is 0 Å². The summed E-state index contributed by atoms with van der Waals surface area (Å²) < 4.78 is 34.0. The van der Waals surface area contributed by atoms with Gasteiger partial charge in [0.25, 0.3) is 10.1 Å². The van der Waals surface area contributed by atoms with Gasteiger partial charge >= 0.3 is 0 Å². The van der Waals surface area contributed by atoms with Gasteiger partial charge in [0.2, 0.25) is 0 Å². The molecule has 0 saturated heterocycles. The first kappa shape index (κ1) is 22.0. The average molecular weight is 494 g/mol. The highest BCUT2D eigenvalue weighted by Crippen LogP contribution is 2.55. The fourth-order valence-corrected chi connectivity index (χ4v) is 5.93. The smallest absolute Gasteiger partial charge is 0.283 e. The predicted molar refractivity (Wildman–Crippen MR) is 114 cm³/mol. The Hall–Kier alpha value is -1.67. The van der Waals surface area contributed by atoms with Crippen LogP contribution in [-0.2, 0) is 14.9 Å². The summed E-state index contributed by atoms with van der Waals surface area (Å²) in [6.07, 6.45) is 0. The van der Waals surface area contributed by atoms with E-state index in [1.165, 1.54) is 42.5 Å². The lowest BCUT2D eigenvalue weighted by Crippen LogP contribution is -2.39. The summed E-state index contributed by atoms with van der Waals surface area (Å²) in [5.41, 5.74) is -0.903. The van der Waals surface area contributed by atoms with Gasteiger partial charge in [0, 0.05) is 22.2 Å². The lowest BCUT2D eigenvalue weighted by atomic mass is 9.83. The van der Waals surface area contributed by atoms with Crippen molar-refractivity contribution in [1.29, 1.82) is 0 Å². The van der Waals surface area contributed by atoms with Crippen molar-refractivity contribution >= 4 is 56.5 Å². The van der Waals surface area contributed by atoms with Gasteiger partial charge < -0.3 is 10.2 Å². The second-order valence-electron chi connectivity index (χ2n) is 6.04. The number of hydrogen-bond donors (Lipinski definition) is 3. The Morgan fingerprint density at radius 1 is 0.724 bits per heavy atom. The van der Waals surface area contributed by atoms with E-state index in [-0.39, 0.29) is 20.6 Å². The monoisotopic (exact) mass is 492 g/mol. The molecule has 0 bridgehead atoms. The van der Waals surface area contributed by atoms with Gasteiger partial charge in [-0.25, -0.2) is 0 Å². The minimum Gasteiger partial charge on any atom is -0.508 e. The van der Waals surface area contributed by atoms with Crippen molar-refractivity contribution in [1.82, 2.24) is 0 Å². The molecule has 0 radical (unpaired) electrons.